The number of halogens is 1. The normalized spacial score (nSPS) is 12.9. The van der Waals surface area contributed by atoms with Gasteiger partial charge in [0.15, 0.2) is 0 Å². The van der Waals surface area contributed by atoms with Crippen LogP contribution in [0, 0.1) is 0 Å². The lowest BCUT2D eigenvalue weighted by atomic mass is 10.1. The number of benzene rings is 1. The zero-order chi connectivity index (χ0) is 15.5. The second-order valence-electron chi connectivity index (χ2n) is 4.42. The van der Waals surface area contributed by atoms with Gasteiger partial charge in [-0.3, -0.25) is 4.98 Å². The SMILES string of the molecule is COc1ccc(Cl)cc1S(=O)(=O)NC(C)c1ccncc1. The molecule has 1 aromatic carbocycles. The van der Waals surface area contributed by atoms with Gasteiger partial charge in [-0.25, -0.2) is 13.1 Å². The molecule has 0 aliphatic heterocycles. The molecule has 0 fully saturated rings. The first kappa shape index (κ1) is 15.8. The maximum Gasteiger partial charge on any atom is 0.244 e. The Hall–Kier alpha value is -1.63. The highest BCUT2D eigenvalue weighted by atomic mass is 35.5. The Kier molecular flexibility index (Phi) is 4.82. The van der Waals surface area contributed by atoms with E-state index in [1.165, 1.54) is 19.2 Å². The van der Waals surface area contributed by atoms with Gasteiger partial charge in [-0.1, -0.05) is 11.6 Å². The first-order valence-corrected chi connectivity index (χ1v) is 8.06. The first-order valence-electron chi connectivity index (χ1n) is 6.20. The van der Waals surface area contributed by atoms with Crippen LogP contribution in [0.15, 0.2) is 47.6 Å². The molecule has 1 atom stereocenters. The molecule has 0 bridgehead atoms. The van der Waals surface area contributed by atoms with Crippen LogP contribution in [0.1, 0.15) is 18.5 Å². The van der Waals surface area contributed by atoms with Crippen LogP contribution in [0.4, 0.5) is 0 Å². The quantitative estimate of drug-likeness (QED) is 0.917. The molecule has 7 heteroatoms. The summed E-state index contributed by atoms with van der Waals surface area (Å²) in [7, 11) is -2.34. The van der Waals surface area contributed by atoms with E-state index in [0.717, 1.165) is 5.56 Å². The van der Waals surface area contributed by atoms with Crippen molar-refractivity contribution in [1.29, 1.82) is 0 Å². The van der Waals surface area contributed by atoms with Crippen LogP contribution in [-0.4, -0.2) is 20.5 Å². The summed E-state index contributed by atoms with van der Waals surface area (Å²) in [5.41, 5.74) is 0.814. The first-order chi connectivity index (χ1) is 9.94. The predicted molar refractivity (Wildman–Crippen MR) is 81.0 cm³/mol. The molecule has 0 amide bonds. The number of aromatic nitrogens is 1. The summed E-state index contributed by atoms with van der Waals surface area (Å²) in [5.74, 6) is 0.244. The molecule has 1 heterocycles. The molecule has 112 valence electrons. The Morgan fingerprint density at radius 1 is 1.24 bits per heavy atom. The van der Waals surface area contributed by atoms with Crippen LogP contribution in [0.25, 0.3) is 0 Å². The average molecular weight is 327 g/mol. The molecule has 5 nitrogen and oxygen atoms in total. The Balaban J connectivity index is 2.33. The van der Waals surface area contributed by atoms with E-state index in [-0.39, 0.29) is 10.6 Å². The third-order valence-corrected chi connectivity index (χ3v) is 4.75. The number of hydrogen-bond acceptors (Lipinski definition) is 4. The van der Waals surface area contributed by atoms with Gasteiger partial charge in [0.05, 0.1) is 7.11 Å². The summed E-state index contributed by atoms with van der Waals surface area (Å²) in [5, 5.41) is 0.327. The van der Waals surface area contributed by atoms with Crippen molar-refractivity contribution in [2.24, 2.45) is 0 Å². The zero-order valence-corrected chi connectivity index (χ0v) is 13.1. The standard InChI is InChI=1S/C14H15ClN2O3S/c1-10(11-5-7-16-8-6-11)17-21(18,19)14-9-12(15)3-4-13(14)20-2/h3-10,17H,1-2H3. The molecule has 1 N–H and O–H groups in total. The molecule has 0 radical (unpaired) electrons. The molecule has 2 aromatic rings. The number of nitrogens with zero attached hydrogens (tertiary/aromatic N) is 1. The minimum Gasteiger partial charge on any atom is -0.495 e. The van der Waals surface area contributed by atoms with Crippen LogP contribution in [0.2, 0.25) is 5.02 Å². The van der Waals surface area contributed by atoms with Crippen molar-refractivity contribution < 1.29 is 13.2 Å². The van der Waals surface area contributed by atoms with Gasteiger partial charge in [-0.2, -0.15) is 0 Å². The highest BCUT2D eigenvalue weighted by molar-refractivity contribution is 7.89. The lowest BCUT2D eigenvalue weighted by Crippen LogP contribution is -2.27. The molecular weight excluding hydrogens is 312 g/mol. The van der Waals surface area contributed by atoms with Crippen molar-refractivity contribution in [2.75, 3.05) is 7.11 Å². The van der Waals surface area contributed by atoms with Gasteiger partial charge in [0.2, 0.25) is 10.0 Å². The Labute approximate surface area is 129 Å². The van der Waals surface area contributed by atoms with Gasteiger partial charge in [0.1, 0.15) is 10.6 Å². The molecule has 21 heavy (non-hydrogen) atoms. The van der Waals surface area contributed by atoms with E-state index in [1.54, 1.807) is 37.5 Å². The van der Waals surface area contributed by atoms with Gasteiger partial charge in [0.25, 0.3) is 0 Å². The van der Waals surface area contributed by atoms with Crippen molar-refractivity contribution >= 4 is 21.6 Å². The fourth-order valence-electron chi connectivity index (χ4n) is 1.88. The summed E-state index contributed by atoms with van der Waals surface area (Å²) in [6, 6.07) is 7.56. The Bertz CT molecular complexity index is 720. The van der Waals surface area contributed by atoms with Crippen LogP contribution < -0.4 is 9.46 Å². The molecule has 0 spiro atoms. The molecule has 1 unspecified atom stereocenters. The Morgan fingerprint density at radius 3 is 2.52 bits per heavy atom. The van der Waals surface area contributed by atoms with E-state index in [4.69, 9.17) is 16.3 Å². The summed E-state index contributed by atoms with van der Waals surface area (Å²) in [6.45, 7) is 1.75. The largest absolute Gasteiger partial charge is 0.495 e. The van der Waals surface area contributed by atoms with Crippen molar-refractivity contribution in [3.63, 3.8) is 0 Å². The topological polar surface area (TPSA) is 68.3 Å². The summed E-state index contributed by atoms with van der Waals surface area (Å²) in [4.78, 5) is 3.92. The molecule has 0 aliphatic carbocycles. The van der Waals surface area contributed by atoms with Gasteiger partial charge in [0, 0.05) is 23.5 Å². The molecular formula is C14H15ClN2O3S. The van der Waals surface area contributed by atoms with Crippen LogP contribution >= 0.6 is 11.6 Å². The number of methoxy groups -OCH3 is 1. The Morgan fingerprint density at radius 2 is 1.90 bits per heavy atom. The third kappa shape index (κ3) is 3.72. The highest BCUT2D eigenvalue weighted by Gasteiger charge is 2.22. The third-order valence-electron chi connectivity index (χ3n) is 2.95. The average Bonchev–Trinajstić information content (AvgIpc) is 2.47. The number of sulfonamides is 1. The number of pyridine rings is 1. The second-order valence-corrected chi connectivity index (χ2v) is 6.54. The fourth-order valence-corrected chi connectivity index (χ4v) is 3.54. The minimum absolute atomic E-state index is 0.0124. The summed E-state index contributed by atoms with van der Waals surface area (Å²) in [6.07, 6.45) is 3.22. The van der Waals surface area contributed by atoms with E-state index in [2.05, 4.69) is 9.71 Å². The summed E-state index contributed by atoms with van der Waals surface area (Å²) < 4.78 is 32.6. The van der Waals surface area contributed by atoms with Crippen LogP contribution in [-0.2, 0) is 10.0 Å². The van der Waals surface area contributed by atoms with Gasteiger partial charge in [-0.05, 0) is 42.8 Å². The number of rotatable bonds is 5. The monoisotopic (exact) mass is 326 g/mol. The summed E-state index contributed by atoms with van der Waals surface area (Å²) >= 11 is 5.88. The number of nitrogens with one attached hydrogen (secondary N) is 1. The maximum atomic E-state index is 12.5. The molecule has 0 saturated carbocycles. The van der Waals surface area contributed by atoms with E-state index in [1.807, 2.05) is 0 Å². The highest BCUT2D eigenvalue weighted by Crippen LogP contribution is 2.28. The zero-order valence-electron chi connectivity index (χ0n) is 11.6. The minimum atomic E-state index is -3.75. The smallest absolute Gasteiger partial charge is 0.244 e. The van der Waals surface area contributed by atoms with Crippen molar-refractivity contribution in [3.8, 4) is 5.75 Å². The van der Waals surface area contributed by atoms with Gasteiger partial charge in [-0.15, -0.1) is 0 Å². The van der Waals surface area contributed by atoms with Gasteiger partial charge < -0.3 is 4.74 Å². The van der Waals surface area contributed by atoms with E-state index < -0.39 is 16.1 Å². The van der Waals surface area contributed by atoms with E-state index >= 15 is 0 Å². The van der Waals surface area contributed by atoms with Crippen molar-refractivity contribution in [1.82, 2.24) is 9.71 Å². The lowest BCUT2D eigenvalue weighted by molar-refractivity contribution is 0.402. The van der Waals surface area contributed by atoms with Crippen molar-refractivity contribution in [3.05, 3.63) is 53.3 Å². The second kappa shape index (κ2) is 6.43. The van der Waals surface area contributed by atoms with Crippen LogP contribution in [0.5, 0.6) is 5.75 Å². The molecule has 1 aromatic heterocycles. The van der Waals surface area contributed by atoms with Crippen LogP contribution in [0.3, 0.4) is 0 Å². The van der Waals surface area contributed by atoms with E-state index in [9.17, 15) is 8.42 Å². The molecule has 0 saturated heterocycles. The molecule has 2 rings (SSSR count). The predicted octanol–water partition coefficient (Wildman–Crippen LogP) is 2.78. The van der Waals surface area contributed by atoms with Gasteiger partial charge >= 0.3 is 0 Å². The fraction of sp³-hybridized carbons (Fsp3) is 0.214. The van der Waals surface area contributed by atoms with Crippen molar-refractivity contribution in [2.45, 2.75) is 17.9 Å². The molecule has 0 aliphatic rings. The maximum absolute atomic E-state index is 12.5. The number of hydrogen-bond donors (Lipinski definition) is 1. The lowest BCUT2D eigenvalue weighted by Gasteiger charge is -2.16. The number of ether oxygens (including phenoxy) is 1. The van der Waals surface area contributed by atoms with E-state index in [0.29, 0.717) is 5.02 Å².